The Hall–Kier alpha value is -3.64. The van der Waals surface area contributed by atoms with Gasteiger partial charge in [0.15, 0.2) is 0 Å². The van der Waals surface area contributed by atoms with Gasteiger partial charge in [0.1, 0.15) is 0 Å². The number of aliphatic hydroxyl groups excluding tert-OH is 2. The summed E-state index contributed by atoms with van der Waals surface area (Å²) < 4.78 is 103. The van der Waals surface area contributed by atoms with Crippen LogP contribution in [0.2, 0.25) is 0 Å². The van der Waals surface area contributed by atoms with Crippen LogP contribution >= 0.6 is 0 Å². The summed E-state index contributed by atoms with van der Waals surface area (Å²) in [5.74, 6) is 0.832. The summed E-state index contributed by atoms with van der Waals surface area (Å²) in [5, 5.41) is 17.7. The van der Waals surface area contributed by atoms with Crippen LogP contribution in [0.1, 0.15) is 77.6 Å². The van der Waals surface area contributed by atoms with Crippen LogP contribution in [0.25, 0.3) is 0 Å². The van der Waals surface area contributed by atoms with Gasteiger partial charge >= 0.3 is 0 Å². The van der Waals surface area contributed by atoms with Gasteiger partial charge in [0.2, 0.25) is 40.1 Å². The van der Waals surface area contributed by atoms with E-state index in [0.29, 0.717) is 96.9 Å². The molecule has 0 aliphatic carbocycles. The lowest BCUT2D eigenvalue weighted by atomic mass is 10.0. The molecule has 16 nitrogen and oxygen atoms in total. The standard InChI is InChI=1S/2C11H16N2O2S.2C11H15NO3S.4C2H6/c2*1-9-3-2-4-11(5-9)16(14,15)13-7-10(6-12)8-13;2*1-9-3-2-4-11(5-9)16(14,15)12-6-10(7-12)8-13;4*1-2/h2*2-5,10H,6-8,12H2,1H3;2*2-5,10,13H,6-8H2,1H3;4*1-2H3. The number of nitrogens with zero attached hydrogens (tertiary/aromatic N) is 4. The highest BCUT2D eigenvalue weighted by molar-refractivity contribution is 7.90. The summed E-state index contributed by atoms with van der Waals surface area (Å²) in [4.78, 5) is 1.43. The van der Waals surface area contributed by atoms with Crippen molar-refractivity contribution < 1.29 is 43.9 Å². The number of hydrogen-bond acceptors (Lipinski definition) is 12. The zero-order chi connectivity index (χ0) is 55.0. The second-order valence-corrected chi connectivity index (χ2v) is 24.6. The molecule has 0 aromatic heterocycles. The van der Waals surface area contributed by atoms with Crippen molar-refractivity contribution in [2.75, 3.05) is 78.7 Å². The first-order valence-corrected chi connectivity index (χ1v) is 30.8. The van der Waals surface area contributed by atoms with Crippen molar-refractivity contribution in [2.45, 2.75) is 103 Å². The van der Waals surface area contributed by atoms with E-state index in [9.17, 15) is 33.7 Å². The maximum absolute atomic E-state index is 12.1. The third-order valence-electron chi connectivity index (χ3n) is 11.4. The van der Waals surface area contributed by atoms with E-state index in [2.05, 4.69) is 0 Å². The van der Waals surface area contributed by atoms with E-state index in [1.807, 2.05) is 107 Å². The van der Waals surface area contributed by atoms with E-state index in [1.54, 1.807) is 72.8 Å². The Balaban J connectivity index is 0.000000458. The number of aliphatic hydroxyl groups is 2. The summed E-state index contributed by atoms with van der Waals surface area (Å²) >= 11 is 0. The first-order valence-electron chi connectivity index (χ1n) is 25.0. The zero-order valence-electron chi connectivity index (χ0n) is 44.8. The molecule has 6 N–H and O–H groups in total. The molecule has 4 heterocycles. The van der Waals surface area contributed by atoms with Crippen molar-refractivity contribution in [1.82, 2.24) is 17.2 Å². The number of sulfonamides is 4. The molecule has 0 saturated carbocycles. The molecule has 8 rings (SSSR count). The van der Waals surface area contributed by atoms with Crippen LogP contribution in [0, 0.1) is 51.4 Å². The second-order valence-electron chi connectivity index (χ2n) is 16.9. The van der Waals surface area contributed by atoms with Crippen LogP contribution in [0.15, 0.2) is 117 Å². The van der Waals surface area contributed by atoms with Crippen LogP contribution in [0.3, 0.4) is 0 Å². The summed E-state index contributed by atoms with van der Waals surface area (Å²) in [6.45, 7) is 28.6. The van der Waals surface area contributed by atoms with Gasteiger partial charge in [-0.25, -0.2) is 33.7 Å². The molecule has 4 saturated heterocycles. The van der Waals surface area contributed by atoms with Crippen molar-refractivity contribution in [2.24, 2.45) is 35.1 Å². The number of benzene rings is 4. The van der Waals surface area contributed by atoms with Gasteiger partial charge in [0, 0.05) is 77.4 Å². The number of aryl methyl sites for hydroxylation is 4. The van der Waals surface area contributed by atoms with E-state index < -0.39 is 40.1 Å². The fraction of sp³-hybridized carbons (Fsp3) is 0.538. The Labute approximate surface area is 434 Å². The number of rotatable bonds is 12. The molecule has 72 heavy (non-hydrogen) atoms. The maximum atomic E-state index is 12.1. The molecule has 0 unspecified atom stereocenters. The SMILES string of the molecule is CC.CC.CC.CC.Cc1cccc(S(=O)(=O)N2CC(CN)C2)c1.Cc1cccc(S(=O)(=O)N2CC(CN)C2)c1.Cc1cccc(S(=O)(=O)N2CC(CO)C2)c1.Cc1cccc(S(=O)(=O)N2CC(CO)C2)c1. The van der Waals surface area contributed by atoms with Gasteiger partial charge in [-0.3, -0.25) is 0 Å². The average Bonchev–Trinajstić information content (AvgIpc) is 3.31. The van der Waals surface area contributed by atoms with Crippen molar-refractivity contribution >= 4 is 40.1 Å². The fourth-order valence-electron chi connectivity index (χ4n) is 7.10. The smallest absolute Gasteiger partial charge is 0.243 e. The van der Waals surface area contributed by atoms with Crippen molar-refractivity contribution in [3.63, 3.8) is 0 Å². The van der Waals surface area contributed by atoms with E-state index in [1.165, 1.54) is 17.2 Å². The summed E-state index contributed by atoms with van der Waals surface area (Å²) in [7, 11) is -13.3. The summed E-state index contributed by atoms with van der Waals surface area (Å²) in [5.41, 5.74) is 14.7. The van der Waals surface area contributed by atoms with Gasteiger partial charge in [0.05, 0.1) is 19.6 Å². The first-order chi connectivity index (χ1) is 34.1. The Kier molecular flexibility index (Phi) is 29.5. The predicted molar refractivity (Wildman–Crippen MR) is 291 cm³/mol. The van der Waals surface area contributed by atoms with Crippen LogP contribution in [-0.2, 0) is 40.1 Å². The highest BCUT2D eigenvalue weighted by atomic mass is 32.2. The van der Waals surface area contributed by atoms with E-state index in [0.717, 1.165) is 22.3 Å². The topological polar surface area (TPSA) is 242 Å². The second kappa shape index (κ2) is 31.9. The van der Waals surface area contributed by atoms with Gasteiger partial charge in [-0.1, -0.05) is 104 Å². The minimum atomic E-state index is -3.35. The van der Waals surface area contributed by atoms with Crippen LogP contribution in [0.5, 0.6) is 0 Å². The molecule has 0 atom stereocenters. The lowest BCUT2D eigenvalue weighted by molar-refractivity contribution is 0.117. The van der Waals surface area contributed by atoms with Crippen molar-refractivity contribution in [1.29, 1.82) is 0 Å². The molecule has 4 aliphatic rings. The van der Waals surface area contributed by atoms with Crippen LogP contribution in [0.4, 0.5) is 0 Å². The van der Waals surface area contributed by atoms with Crippen molar-refractivity contribution in [3.8, 4) is 0 Å². The maximum Gasteiger partial charge on any atom is 0.243 e. The van der Waals surface area contributed by atoms with Gasteiger partial charge in [0.25, 0.3) is 0 Å². The monoisotopic (exact) mass is 1080 g/mol. The molecule has 4 aliphatic heterocycles. The molecular formula is C52H86N6O10S4. The molecule has 20 heteroatoms. The zero-order valence-corrected chi connectivity index (χ0v) is 48.0. The molecule has 0 amide bonds. The van der Waals surface area contributed by atoms with Gasteiger partial charge in [-0.15, -0.1) is 0 Å². The molecule has 4 aromatic carbocycles. The molecule has 0 spiro atoms. The van der Waals surface area contributed by atoms with Crippen LogP contribution < -0.4 is 11.5 Å². The molecule has 0 bridgehead atoms. The molecule has 0 radical (unpaired) electrons. The van der Waals surface area contributed by atoms with E-state index in [-0.39, 0.29) is 25.0 Å². The highest BCUT2D eigenvalue weighted by Gasteiger charge is 2.39. The quantitative estimate of drug-likeness (QED) is 0.119. The minimum absolute atomic E-state index is 0.0554. The lowest BCUT2D eigenvalue weighted by Gasteiger charge is -2.37. The largest absolute Gasteiger partial charge is 0.396 e. The molecule has 408 valence electrons. The number of hydrogen-bond donors (Lipinski definition) is 4. The van der Waals surface area contributed by atoms with E-state index in [4.69, 9.17) is 21.7 Å². The fourth-order valence-corrected chi connectivity index (χ4v) is 13.9. The van der Waals surface area contributed by atoms with Crippen LogP contribution in [-0.4, -0.2) is 140 Å². The van der Waals surface area contributed by atoms with Gasteiger partial charge in [-0.05, 0) is 123 Å². The Morgan fingerprint density at radius 3 is 0.708 bits per heavy atom. The van der Waals surface area contributed by atoms with E-state index >= 15 is 0 Å². The Bertz CT molecular complexity index is 2280. The molecular weight excluding hydrogens is 997 g/mol. The molecule has 4 aromatic rings. The Morgan fingerprint density at radius 1 is 0.375 bits per heavy atom. The molecule has 4 fully saturated rings. The van der Waals surface area contributed by atoms with Gasteiger partial charge < -0.3 is 21.7 Å². The average molecular weight is 1080 g/mol. The predicted octanol–water partition coefficient (Wildman–Crippen LogP) is 6.47. The highest BCUT2D eigenvalue weighted by Crippen LogP contribution is 2.28. The van der Waals surface area contributed by atoms with Crippen molar-refractivity contribution in [3.05, 3.63) is 119 Å². The number of nitrogens with two attached hydrogens (primary N) is 2. The third-order valence-corrected chi connectivity index (χ3v) is 18.7. The van der Waals surface area contributed by atoms with Gasteiger partial charge in [-0.2, -0.15) is 17.2 Å². The minimum Gasteiger partial charge on any atom is -0.396 e. The summed E-state index contributed by atoms with van der Waals surface area (Å²) in [6, 6.07) is 27.7. The Morgan fingerprint density at radius 2 is 0.556 bits per heavy atom. The first kappa shape index (κ1) is 66.4. The summed E-state index contributed by atoms with van der Waals surface area (Å²) in [6.07, 6.45) is 0. The normalized spacial score (nSPS) is 16.7. The third kappa shape index (κ3) is 18.3. The lowest BCUT2D eigenvalue weighted by Crippen LogP contribution is -2.52.